The molecule has 1 rings (SSSR count). The van der Waals surface area contributed by atoms with Crippen LogP contribution in [0.1, 0.15) is 33.1 Å². The van der Waals surface area contributed by atoms with Crippen molar-refractivity contribution in [3.63, 3.8) is 0 Å². The van der Waals surface area contributed by atoms with Gasteiger partial charge in [0.25, 0.3) is 0 Å². The van der Waals surface area contributed by atoms with E-state index in [1.54, 1.807) is 0 Å². The number of nitrogens with two attached hydrogens (primary N) is 1. The van der Waals surface area contributed by atoms with E-state index in [2.05, 4.69) is 5.32 Å². The molecule has 0 aliphatic heterocycles. The Morgan fingerprint density at radius 2 is 2.15 bits per heavy atom. The van der Waals surface area contributed by atoms with E-state index in [1.807, 2.05) is 13.8 Å². The standard InChI is InChI=1S/C9H16N2OS/c1-9(2,8(10)13)11-7(12)5-6-3-4-6/h6H,3-5H2,1-2H3,(H2,10,13)(H,11,12). The van der Waals surface area contributed by atoms with Gasteiger partial charge in [-0.25, -0.2) is 0 Å². The Morgan fingerprint density at radius 1 is 1.62 bits per heavy atom. The molecule has 0 heterocycles. The molecule has 0 saturated heterocycles. The Balaban J connectivity index is 2.36. The molecule has 0 unspecified atom stereocenters. The van der Waals surface area contributed by atoms with Gasteiger partial charge in [-0.3, -0.25) is 4.79 Å². The summed E-state index contributed by atoms with van der Waals surface area (Å²) in [5.41, 5.74) is 4.93. The Bertz CT molecular complexity index is 234. The minimum absolute atomic E-state index is 0.0558. The average Bonchev–Trinajstić information content (AvgIpc) is 2.69. The number of nitrogens with one attached hydrogen (secondary N) is 1. The molecule has 1 saturated carbocycles. The molecule has 0 aromatic heterocycles. The van der Waals surface area contributed by atoms with Crippen molar-refractivity contribution >= 4 is 23.1 Å². The van der Waals surface area contributed by atoms with Gasteiger partial charge < -0.3 is 11.1 Å². The van der Waals surface area contributed by atoms with Crippen LogP contribution in [-0.2, 0) is 4.79 Å². The highest BCUT2D eigenvalue weighted by molar-refractivity contribution is 7.80. The van der Waals surface area contributed by atoms with Crippen LogP contribution < -0.4 is 11.1 Å². The normalized spacial score (nSPS) is 16.8. The highest BCUT2D eigenvalue weighted by Gasteiger charge is 2.28. The zero-order valence-electron chi connectivity index (χ0n) is 8.09. The first-order valence-corrected chi connectivity index (χ1v) is 4.93. The molecule has 1 amide bonds. The van der Waals surface area contributed by atoms with Crippen molar-refractivity contribution in [1.82, 2.24) is 5.32 Å². The maximum Gasteiger partial charge on any atom is 0.221 e. The van der Waals surface area contributed by atoms with Crippen molar-refractivity contribution in [3.05, 3.63) is 0 Å². The molecule has 0 atom stereocenters. The Hall–Kier alpha value is -0.640. The van der Waals surface area contributed by atoms with Crippen LogP contribution in [0.5, 0.6) is 0 Å². The fourth-order valence-corrected chi connectivity index (χ4v) is 1.10. The van der Waals surface area contributed by atoms with Gasteiger partial charge in [-0.15, -0.1) is 0 Å². The summed E-state index contributed by atoms with van der Waals surface area (Å²) in [6.07, 6.45) is 2.98. The van der Waals surface area contributed by atoms with Gasteiger partial charge in [0, 0.05) is 6.42 Å². The second kappa shape index (κ2) is 3.62. The summed E-state index contributed by atoms with van der Waals surface area (Å²) in [5.74, 6) is 0.655. The summed E-state index contributed by atoms with van der Waals surface area (Å²) >= 11 is 4.84. The van der Waals surface area contributed by atoms with Crippen LogP contribution >= 0.6 is 12.2 Å². The molecule has 0 aromatic rings. The summed E-state index contributed by atoms with van der Waals surface area (Å²) < 4.78 is 0. The van der Waals surface area contributed by atoms with E-state index >= 15 is 0 Å². The van der Waals surface area contributed by atoms with Crippen molar-refractivity contribution in [2.45, 2.75) is 38.6 Å². The largest absolute Gasteiger partial charge is 0.391 e. The van der Waals surface area contributed by atoms with Crippen LogP contribution in [0.2, 0.25) is 0 Å². The molecule has 13 heavy (non-hydrogen) atoms. The molecule has 0 bridgehead atoms. The van der Waals surface area contributed by atoms with E-state index in [9.17, 15) is 4.79 Å². The maximum atomic E-state index is 11.4. The third kappa shape index (κ3) is 3.30. The van der Waals surface area contributed by atoms with Crippen molar-refractivity contribution in [2.75, 3.05) is 0 Å². The Labute approximate surface area is 84.1 Å². The number of hydrogen-bond donors (Lipinski definition) is 2. The summed E-state index contributed by atoms with van der Waals surface area (Å²) in [7, 11) is 0. The van der Waals surface area contributed by atoms with Gasteiger partial charge in [0.2, 0.25) is 5.91 Å². The van der Waals surface area contributed by atoms with Gasteiger partial charge in [0.15, 0.2) is 0 Å². The van der Waals surface area contributed by atoms with Gasteiger partial charge >= 0.3 is 0 Å². The molecule has 1 fully saturated rings. The first-order chi connectivity index (χ1) is 5.92. The van der Waals surface area contributed by atoms with Crippen LogP contribution in [0.25, 0.3) is 0 Å². The minimum atomic E-state index is -0.554. The van der Waals surface area contributed by atoms with Gasteiger partial charge in [-0.05, 0) is 32.6 Å². The molecule has 3 nitrogen and oxygen atoms in total. The minimum Gasteiger partial charge on any atom is -0.391 e. The number of carbonyl (C=O) groups is 1. The molecule has 0 aromatic carbocycles. The molecule has 0 spiro atoms. The average molecular weight is 200 g/mol. The van der Waals surface area contributed by atoms with Crippen LogP contribution in [0.15, 0.2) is 0 Å². The van der Waals surface area contributed by atoms with Crippen LogP contribution in [0, 0.1) is 5.92 Å². The summed E-state index contributed by atoms with van der Waals surface area (Å²) in [6, 6.07) is 0. The third-order valence-corrected chi connectivity index (χ3v) is 2.75. The topological polar surface area (TPSA) is 55.1 Å². The van der Waals surface area contributed by atoms with Crippen molar-refractivity contribution < 1.29 is 4.79 Å². The SMILES string of the molecule is CC(C)(NC(=O)CC1CC1)C(N)=S. The van der Waals surface area contributed by atoms with E-state index < -0.39 is 5.54 Å². The Kier molecular flexibility index (Phi) is 2.91. The zero-order valence-corrected chi connectivity index (χ0v) is 8.91. The fraction of sp³-hybridized carbons (Fsp3) is 0.778. The van der Waals surface area contributed by atoms with Gasteiger partial charge in [0.05, 0.1) is 10.5 Å². The number of thiocarbonyl (C=S) groups is 1. The van der Waals surface area contributed by atoms with E-state index in [4.69, 9.17) is 18.0 Å². The van der Waals surface area contributed by atoms with Crippen molar-refractivity contribution in [3.8, 4) is 0 Å². The predicted molar refractivity (Wildman–Crippen MR) is 56.3 cm³/mol. The number of hydrogen-bond acceptors (Lipinski definition) is 2. The fourth-order valence-electron chi connectivity index (χ4n) is 1.05. The number of amides is 1. The van der Waals surface area contributed by atoms with Crippen LogP contribution in [0.4, 0.5) is 0 Å². The van der Waals surface area contributed by atoms with E-state index in [1.165, 1.54) is 12.8 Å². The lowest BCUT2D eigenvalue weighted by molar-refractivity contribution is -0.122. The molecule has 74 valence electrons. The lowest BCUT2D eigenvalue weighted by Gasteiger charge is -2.24. The highest BCUT2D eigenvalue weighted by atomic mass is 32.1. The van der Waals surface area contributed by atoms with Crippen LogP contribution in [0.3, 0.4) is 0 Å². The predicted octanol–water partition coefficient (Wildman–Crippen LogP) is 0.967. The monoisotopic (exact) mass is 200 g/mol. The van der Waals surface area contributed by atoms with Gasteiger partial charge in [0.1, 0.15) is 0 Å². The third-order valence-electron chi connectivity index (χ3n) is 2.24. The van der Waals surface area contributed by atoms with E-state index in [-0.39, 0.29) is 5.91 Å². The lowest BCUT2D eigenvalue weighted by atomic mass is 10.1. The van der Waals surface area contributed by atoms with E-state index in [0.29, 0.717) is 17.3 Å². The second-order valence-corrected chi connectivity index (χ2v) is 4.62. The number of carbonyl (C=O) groups excluding carboxylic acids is 1. The highest BCUT2D eigenvalue weighted by Crippen LogP contribution is 2.32. The lowest BCUT2D eigenvalue weighted by Crippen LogP contribution is -2.52. The summed E-state index contributed by atoms with van der Waals surface area (Å²) in [4.78, 5) is 11.7. The summed E-state index contributed by atoms with van der Waals surface area (Å²) in [5, 5.41) is 2.82. The molecule has 4 heteroatoms. The molecule has 0 radical (unpaired) electrons. The second-order valence-electron chi connectivity index (χ2n) is 4.18. The number of rotatable bonds is 4. The smallest absolute Gasteiger partial charge is 0.221 e. The quantitative estimate of drug-likeness (QED) is 0.665. The Morgan fingerprint density at radius 3 is 2.54 bits per heavy atom. The van der Waals surface area contributed by atoms with Gasteiger partial charge in [-0.2, -0.15) is 0 Å². The molecular formula is C9H16N2OS. The van der Waals surface area contributed by atoms with Crippen molar-refractivity contribution in [1.29, 1.82) is 0 Å². The first kappa shape index (κ1) is 10.4. The van der Waals surface area contributed by atoms with Crippen LogP contribution in [-0.4, -0.2) is 16.4 Å². The first-order valence-electron chi connectivity index (χ1n) is 4.53. The van der Waals surface area contributed by atoms with Gasteiger partial charge in [-0.1, -0.05) is 12.2 Å². The molecule has 1 aliphatic carbocycles. The maximum absolute atomic E-state index is 11.4. The molecule has 3 N–H and O–H groups in total. The summed E-state index contributed by atoms with van der Waals surface area (Å²) in [6.45, 7) is 3.64. The molecular weight excluding hydrogens is 184 g/mol. The van der Waals surface area contributed by atoms with Crippen molar-refractivity contribution in [2.24, 2.45) is 11.7 Å². The molecule has 1 aliphatic rings. The zero-order chi connectivity index (χ0) is 10.1. The van der Waals surface area contributed by atoms with E-state index in [0.717, 1.165) is 0 Å².